The van der Waals surface area contributed by atoms with Crippen LogP contribution in [0.1, 0.15) is 98.3 Å². The molecule has 0 bridgehead atoms. The van der Waals surface area contributed by atoms with Crippen LogP contribution in [0.4, 0.5) is 10.1 Å². The highest BCUT2D eigenvalue weighted by Gasteiger charge is 2.37. The Bertz CT molecular complexity index is 1900. The van der Waals surface area contributed by atoms with Crippen LogP contribution in [-0.4, -0.2) is 51.2 Å². The molecule has 0 aliphatic carbocycles. The SMILES string of the molecule is Cc1cc(F)ccc1CN1CCc2cc(-c3c(CNCc4cccnc4)nc(C)c([C@H](OC(C)(C)C)C(=O)O)c3N3CCC(C)(C)CC3)ccc2C1. The fourth-order valence-electron chi connectivity index (χ4n) is 7.56. The van der Waals surface area contributed by atoms with Gasteiger partial charge in [-0.05, 0) is 111 Å². The average molecular weight is 708 g/mol. The third kappa shape index (κ3) is 8.88. The molecule has 1 fully saturated rings. The predicted octanol–water partition coefficient (Wildman–Crippen LogP) is 8.31. The van der Waals surface area contributed by atoms with Gasteiger partial charge in [-0.3, -0.25) is 14.9 Å². The number of aryl methyl sites for hydroxylation is 2. The van der Waals surface area contributed by atoms with Crippen molar-refractivity contribution in [1.82, 2.24) is 20.2 Å². The topological polar surface area (TPSA) is 90.8 Å². The quantitative estimate of drug-likeness (QED) is 0.161. The summed E-state index contributed by atoms with van der Waals surface area (Å²) in [5, 5.41) is 14.3. The lowest BCUT2D eigenvalue weighted by Crippen LogP contribution is -2.39. The van der Waals surface area contributed by atoms with E-state index in [1.165, 1.54) is 11.1 Å². The maximum Gasteiger partial charge on any atom is 0.337 e. The van der Waals surface area contributed by atoms with Gasteiger partial charge in [-0.2, -0.15) is 0 Å². The van der Waals surface area contributed by atoms with Crippen molar-refractivity contribution in [2.24, 2.45) is 5.41 Å². The largest absolute Gasteiger partial charge is 0.479 e. The van der Waals surface area contributed by atoms with E-state index in [0.717, 1.165) is 91.2 Å². The lowest BCUT2D eigenvalue weighted by molar-refractivity contribution is -0.160. The molecule has 6 rings (SSSR count). The van der Waals surface area contributed by atoms with Gasteiger partial charge < -0.3 is 20.1 Å². The summed E-state index contributed by atoms with van der Waals surface area (Å²) in [4.78, 5) is 27.4. The zero-order valence-corrected chi connectivity index (χ0v) is 31.9. The van der Waals surface area contributed by atoms with Gasteiger partial charge in [0.05, 0.1) is 17.0 Å². The van der Waals surface area contributed by atoms with Gasteiger partial charge in [0.25, 0.3) is 0 Å². The number of benzene rings is 2. The van der Waals surface area contributed by atoms with Gasteiger partial charge in [-0.1, -0.05) is 44.2 Å². The Hall–Kier alpha value is -4.18. The second kappa shape index (κ2) is 15.4. The maximum atomic E-state index is 13.8. The molecule has 2 aliphatic heterocycles. The molecule has 0 radical (unpaired) electrons. The normalized spacial score (nSPS) is 16.8. The summed E-state index contributed by atoms with van der Waals surface area (Å²) >= 11 is 0. The average Bonchev–Trinajstić information content (AvgIpc) is 3.08. The number of ether oxygens (including phenoxy) is 1. The maximum absolute atomic E-state index is 13.8. The van der Waals surface area contributed by atoms with Crippen molar-refractivity contribution in [2.75, 3.05) is 24.5 Å². The molecule has 2 aromatic heterocycles. The first kappa shape index (κ1) is 37.6. The molecule has 4 aromatic rings. The van der Waals surface area contributed by atoms with Gasteiger partial charge in [-0.15, -0.1) is 0 Å². The number of anilines is 1. The summed E-state index contributed by atoms with van der Waals surface area (Å²) < 4.78 is 20.2. The number of carbonyl (C=O) groups is 1. The Morgan fingerprint density at radius 3 is 2.48 bits per heavy atom. The number of nitrogens with one attached hydrogen (secondary N) is 1. The molecular formula is C43H54FN5O3. The number of carboxylic acids is 1. The minimum absolute atomic E-state index is 0.200. The van der Waals surface area contributed by atoms with Crippen molar-refractivity contribution in [1.29, 1.82) is 0 Å². The first-order chi connectivity index (χ1) is 24.7. The molecule has 0 spiro atoms. The highest BCUT2D eigenvalue weighted by Crippen LogP contribution is 2.45. The zero-order chi connectivity index (χ0) is 37.2. The van der Waals surface area contributed by atoms with Gasteiger partial charge in [0.15, 0.2) is 6.10 Å². The van der Waals surface area contributed by atoms with Crippen molar-refractivity contribution < 1.29 is 19.0 Å². The summed E-state index contributed by atoms with van der Waals surface area (Å²) in [6.07, 6.45) is 5.31. The summed E-state index contributed by atoms with van der Waals surface area (Å²) in [7, 11) is 0. The van der Waals surface area contributed by atoms with E-state index >= 15 is 0 Å². The van der Waals surface area contributed by atoms with E-state index in [0.29, 0.717) is 24.3 Å². The molecule has 4 heterocycles. The summed E-state index contributed by atoms with van der Waals surface area (Å²) in [6, 6.07) is 15.7. The van der Waals surface area contributed by atoms with Crippen LogP contribution < -0.4 is 10.2 Å². The monoisotopic (exact) mass is 707 g/mol. The lowest BCUT2D eigenvalue weighted by atomic mass is 9.81. The molecule has 1 atom stereocenters. The summed E-state index contributed by atoms with van der Waals surface area (Å²) in [5.74, 6) is -1.22. The minimum atomic E-state index is -1.19. The Morgan fingerprint density at radius 1 is 1.04 bits per heavy atom. The number of aliphatic carboxylic acids is 1. The Kier molecular flexibility index (Phi) is 11.1. The second-order valence-electron chi connectivity index (χ2n) is 16.4. The fraction of sp³-hybridized carbons (Fsp3) is 0.465. The molecule has 0 saturated carbocycles. The number of aromatic nitrogens is 2. The van der Waals surface area contributed by atoms with Crippen molar-refractivity contribution in [3.05, 3.63) is 112 Å². The first-order valence-electron chi connectivity index (χ1n) is 18.6. The summed E-state index contributed by atoms with van der Waals surface area (Å²) in [5.41, 5.74) is 10.4. The van der Waals surface area contributed by atoms with Gasteiger partial charge >= 0.3 is 5.97 Å². The molecule has 1 saturated heterocycles. The smallest absolute Gasteiger partial charge is 0.337 e. The number of hydrogen-bond acceptors (Lipinski definition) is 7. The molecule has 0 unspecified atom stereocenters. The Balaban J connectivity index is 1.45. The molecule has 2 aliphatic rings. The van der Waals surface area contributed by atoms with E-state index in [2.05, 4.69) is 58.2 Å². The molecule has 52 heavy (non-hydrogen) atoms. The molecule has 8 nitrogen and oxygen atoms in total. The van der Waals surface area contributed by atoms with Crippen LogP contribution in [0.2, 0.25) is 0 Å². The second-order valence-corrected chi connectivity index (χ2v) is 16.4. The van der Waals surface area contributed by atoms with E-state index in [9.17, 15) is 14.3 Å². The van der Waals surface area contributed by atoms with E-state index < -0.39 is 17.7 Å². The number of hydrogen-bond donors (Lipinski definition) is 2. The van der Waals surface area contributed by atoms with Gasteiger partial charge in [0, 0.05) is 75.0 Å². The molecule has 276 valence electrons. The number of fused-ring (bicyclic) bond motifs is 1. The van der Waals surface area contributed by atoms with Crippen molar-refractivity contribution >= 4 is 11.7 Å². The predicted molar refractivity (Wildman–Crippen MR) is 205 cm³/mol. The van der Waals surface area contributed by atoms with Crippen LogP contribution in [-0.2, 0) is 42.1 Å². The third-order valence-electron chi connectivity index (χ3n) is 10.5. The van der Waals surface area contributed by atoms with Crippen molar-refractivity contribution in [3.8, 4) is 11.1 Å². The van der Waals surface area contributed by atoms with Gasteiger partial charge in [0.1, 0.15) is 5.82 Å². The molecule has 2 aromatic carbocycles. The Morgan fingerprint density at radius 2 is 1.81 bits per heavy atom. The van der Waals surface area contributed by atoms with Gasteiger partial charge in [0.2, 0.25) is 0 Å². The minimum Gasteiger partial charge on any atom is -0.479 e. The summed E-state index contributed by atoms with van der Waals surface area (Å²) in [6.45, 7) is 19.4. The van der Waals surface area contributed by atoms with Crippen molar-refractivity contribution in [2.45, 2.75) is 106 Å². The molecule has 2 N–H and O–H groups in total. The van der Waals surface area contributed by atoms with Crippen LogP contribution in [0.5, 0.6) is 0 Å². The van der Waals surface area contributed by atoms with Crippen LogP contribution in [0.15, 0.2) is 60.9 Å². The molecular weight excluding hydrogens is 654 g/mol. The van der Waals surface area contributed by atoms with E-state index in [1.54, 1.807) is 18.3 Å². The van der Waals surface area contributed by atoms with Gasteiger partial charge in [-0.25, -0.2) is 9.18 Å². The first-order valence-corrected chi connectivity index (χ1v) is 18.6. The standard InChI is InChI=1S/C43H54FN5O3/c1-28-21-35(44)13-12-33(28)26-48-18-14-31-22-32(10-11-34(31)27-48)38-36(25-46-24-30-9-8-17-45-23-30)47-29(2)37(40(41(50)51)52-42(3,4)5)39(38)49-19-15-43(6,7)16-20-49/h8-13,17,21-23,40,46H,14-16,18-20,24-27H2,1-7H3,(H,50,51)/t40-/m0/s1. The lowest BCUT2D eigenvalue weighted by Gasteiger charge is -2.41. The fourth-order valence-corrected chi connectivity index (χ4v) is 7.56. The van der Waals surface area contributed by atoms with E-state index in [-0.39, 0.29) is 11.2 Å². The highest BCUT2D eigenvalue weighted by atomic mass is 19.1. The highest BCUT2D eigenvalue weighted by molar-refractivity contribution is 5.88. The third-order valence-corrected chi connectivity index (χ3v) is 10.5. The molecule has 9 heteroatoms. The van der Waals surface area contributed by atoms with Crippen LogP contribution >= 0.6 is 0 Å². The number of carboxylic acid groups (broad SMARTS) is 1. The molecule has 0 amide bonds. The zero-order valence-electron chi connectivity index (χ0n) is 31.9. The van der Waals surface area contributed by atoms with Crippen LogP contribution in [0, 0.1) is 25.1 Å². The van der Waals surface area contributed by atoms with Crippen LogP contribution in [0.25, 0.3) is 11.1 Å². The van der Waals surface area contributed by atoms with Crippen LogP contribution in [0.3, 0.4) is 0 Å². The van der Waals surface area contributed by atoms with E-state index in [4.69, 9.17) is 9.72 Å². The van der Waals surface area contributed by atoms with E-state index in [1.807, 2.05) is 52.9 Å². The number of rotatable bonds is 11. The number of piperidine rings is 1. The number of nitrogens with zero attached hydrogens (tertiary/aromatic N) is 4. The number of halogens is 1. The Labute approximate surface area is 308 Å². The number of pyridine rings is 2. The van der Waals surface area contributed by atoms with Crippen molar-refractivity contribution in [3.63, 3.8) is 0 Å².